The summed E-state index contributed by atoms with van der Waals surface area (Å²) in [5.74, 6) is -6.78. The third kappa shape index (κ3) is 4.56. The van der Waals surface area contributed by atoms with Crippen LogP contribution < -0.4 is 5.73 Å². The second-order valence-electron chi connectivity index (χ2n) is 13.0. The fourth-order valence-electron chi connectivity index (χ4n) is 6.77. The summed E-state index contributed by atoms with van der Waals surface area (Å²) in [6, 6.07) is 9.38. The zero-order valence-electron chi connectivity index (χ0n) is 24.8. The number of hydrogen-bond acceptors (Lipinski definition) is 9. The standard InChI is InChI=1S/C33H36N2O8/c1-32(2,3)22(37)12-15-6-8-16(9-7-15)18-10-11-21(36)24-19(18)13-17-14-20-26(35(4)5)28(39)25(31(34)42)30(41)33(20,43)29(40)23(17)27(24)38/h6-11,17,20,26,36,38,41,43H,12-14H2,1-5H3,(H2,34,42)/t17-,20-,26-,33-/m1/s1. The molecular weight excluding hydrogens is 552 g/mol. The second kappa shape index (κ2) is 10.2. The van der Waals surface area contributed by atoms with Crippen LogP contribution >= 0.6 is 0 Å². The summed E-state index contributed by atoms with van der Waals surface area (Å²) in [5, 5.41) is 45.0. The van der Waals surface area contributed by atoms with Gasteiger partial charge in [-0.3, -0.25) is 24.1 Å². The maximum Gasteiger partial charge on any atom is 0.255 e. The van der Waals surface area contributed by atoms with Crippen LogP contribution in [0.4, 0.5) is 0 Å². The van der Waals surface area contributed by atoms with E-state index in [1.54, 1.807) is 20.2 Å². The number of aromatic hydroxyl groups is 1. The largest absolute Gasteiger partial charge is 0.508 e. The molecule has 226 valence electrons. The normalized spacial score (nSPS) is 25.4. The van der Waals surface area contributed by atoms with Crippen molar-refractivity contribution in [2.45, 2.75) is 51.7 Å². The lowest BCUT2D eigenvalue weighted by molar-refractivity contribution is -0.153. The lowest BCUT2D eigenvalue weighted by atomic mass is 9.57. The Morgan fingerprint density at radius 3 is 2.21 bits per heavy atom. The maximum atomic E-state index is 14.0. The molecule has 6 N–H and O–H groups in total. The van der Waals surface area contributed by atoms with E-state index in [-0.39, 0.29) is 41.9 Å². The molecule has 0 aliphatic heterocycles. The van der Waals surface area contributed by atoms with Crippen LogP contribution in [-0.2, 0) is 32.0 Å². The minimum Gasteiger partial charge on any atom is -0.508 e. The highest BCUT2D eigenvalue weighted by molar-refractivity contribution is 6.24. The van der Waals surface area contributed by atoms with Crippen molar-refractivity contribution in [1.82, 2.24) is 4.90 Å². The van der Waals surface area contributed by atoms with Crippen LogP contribution in [0.5, 0.6) is 5.75 Å². The Kier molecular flexibility index (Phi) is 7.14. The van der Waals surface area contributed by atoms with E-state index in [0.717, 1.165) is 11.1 Å². The Morgan fingerprint density at radius 1 is 1.02 bits per heavy atom. The van der Waals surface area contributed by atoms with Gasteiger partial charge in [0.2, 0.25) is 5.78 Å². The van der Waals surface area contributed by atoms with Crippen molar-refractivity contribution in [3.63, 3.8) is 0 Å². The van der Waals surface area contributed by atoms with E-state index >= 15 is 0 Å². The first kappa shape index (κ1) is 30.2. The van der Waals surface area contributed by atoms with E-state index in [9.17, 15) is 39.6 Å². The quantitative estimate of drug-likeness (QED) is 0.329. The molecule has 0 aromatic heterocycles. The van der Waals surface area contributed by atoms with Gasteiger partial charge in [0.05, 0.1) is 11.6 Å². The molecule has 0 spiro atoms. The Bertz CT molecular complexity index is 1640. The molecule has 3 aliphatic rings. The molecule has 0 heterocycles. The number of ketones is 3. The summed E-state index contributed by atoms with van der Waals surface area (Å²) in [7, 11) is 3.12. The van der Waals surface area contributed by atoms with Gasteiger partial charge in [0, 0.05) is 23.3 Å². The molecule has 1 saturated carbocycles. The molecule has 0 unspecified atom stereocenters. The van der Waals surface area contributed by atoms with Crippen LogP contribution in [0, 0.1) is 17.3 Å². The predicted octanol–water partition coefficient (Wildman–Crippen LogP) is 2.79. The summed E-state index contributed by atoms with van der Waals surface area (Å²) in [6.07, 6.45) is 0.473. The Hall–Kier alpha value is -4.28. The molecule has 5 rings (SSSR count). The summed E-state index contributed by atoms with van der Waals surface area (Å²) in [6.45, 7) is 5.61. The third-order valence-corrected chi connectivity index (χ3v) is 9.07. The maximum absolute atomic E-state index is 14.0. The number of aliphatic hydroxyl groups excluding tert-OH is 2. The number of hydrogen-bond donors (Lipinski definition) is 5. The van der Waals surface area contributed by atoms with E-state index in [4.69, 9.17) is 5.73 Å². The lowest BCUT2D eigenvalue weighted by Crippen LogP contribution is -2.65. The Balaban J connectivity index is 1.62. The zero-order valence-corrected chi connectivity index (χ0v) is 24.8. The zero-order chi connectivity index (χ0) is 31.8. The molecule has 0 saturated heterocycles. The van der Waals surface area contributed by atoms with Crippen LogP contribution in [0.25, 0.3) is 16.9 Å². The number of benzene rings is 2. The molecule has 10 nitrogen and oxygen atoms in total. The van der Waals surface area contributed by atoms with Gasteiger partial charge < -0.3 is 26.2 Å². The predicted molar refractivity (Wildman–Crippen MR) is 158 cm³/mol. The number of carbonyl (C=O) groups is 4. The SMILES string of the molecule is CN(C)[C@H]1C(=O)C(C(N)=O)=C(O)[C@]2(O)C(=O)C3=C(O)c4c(O)ccc(-c5ccc(CC(=O)C(C)(C)C)cc5)c4C[C@@H]3C[C@H]12. The summed E-state index contributed by atoms with van der Waals surface area (Å²) < 4.78 is 0. The van der Waals surface area contributed by atoms with Gasteiger partial charge in [-0.2, -0.15) is 0 Å². The number of phenolic OH excluding ortho intramolecular Hbond substituents is 1. The van der Waals surface area contributed by atoms with Gasteiger partial charge in [0.15, 0.2) is 11.4 Å². The van der Waals surface area contributed by atoms with Crippen molar-refractivity contribution < 1.29 is 39.6 Å². The fraction of sp³-hybridized carbons (Fsp3) is 0.394. The second-order valence-corrected chi connectivity index (χ2v) is 13.0. The first-order valence-electron chi connectivity index (χ1n) is 14.1. The van der Waals surface area contributed by atoms with E-state index in [2.05, 4.69) is 0 Å². The van der Waals surface area contributed by atoms with Gasteiger partial charge in [-0.1, -0.05) is 51.1 Å². The molecule has 0 bridgehead atoms. The molecule has 0 radical (unpaired) electrons. The molecule has 10 heteroatoms. The number of likely N-dealkylation sites (N-methyl/N-ethyl adjacent to an activating group) is 1. The smallest absolute Gasteiger partial charge is 0.255 e. The van der Waals surface area contributed by atoms with Crippen LogP contribution in [0.3, 0.4) is 0 Å². The summed E-state index contributed by atoms with van der Waals surface area (Å²) in [5.41, 5.74) is 4.09. The van der Waals surface area contributed by atoms with Crippen molar-refractivity contribution in [2.24, 2.45) is 23.0 Å². The van der Waals surface area contributed by atoms with E-state index in [1.807, 2.05) is 45.0 Å². The molecule has 1 amide bonds. The van der Waals surface area contributed by atoms with E-state index in [0.29, 0.717) is 11.1 Å². The molecule has 2 aromatic rings. The first-order chi connectivity index (χ1) is 20.0. The fourth-order valence-corrected chi connectivity index (χ4v) is 6.77. The molecule has 4 atom stereocenters. The minimum atomic E-state index is -2.68. The number of nitrogens with zero attached hydrogens (tertiary/aromatic N) is 1. The van der Waals surface area contributed by atoms with E-state index in [1.165, 1.54) is 11.0 Å². The van der Waals surface area contributed by atoms with Gasteiger partial charge in [-0.05, 0) is 61.2 Å². The Morgan fingerprint density at radius 2 is 1.65 bits per heavy atom. The van der Waals surface area contributed by atoms with Crippen molar-refractivity contribution in [2.75, 3.05) is 14.1 Å². The van der Waals surface area contributed by atoms with Crippen molar-refractivity contribution in [3.8, 4) is 16.9 Å². The molecular formula is C33H36N2O8. The summed E-state index contributed by atoms with van der Waals surface area (Å²) in [4.78, 5) is 53.4. The van der Waals surface area contributed by atoms with Crippen LogP contribution in [0.15, 0.2) is 53.3 Å². The van der Waals surface area contributed by atoms with Crippen molar-refractivity contribution in [3.05, 3.63) is 70.0 Å². The average Bonchev–Trinajstić information content (AvgIpc) is 2.90. The first-order valence-corrected chi connectivity index (χ1v) is 14.1. The lowest BCUT2D eigenvalue weighted by Gasteiger charge is -2.50. The van der Waals surface area contributed by atoms with Crippen molar-refractivity contribution >= 4 is 29.0 Å². The molecule has 3 aliphatic carbocycles. The van der Waals surface area contributed by atoms with Crippen molar-refractivity contribution in [1.29, 1.82) is 0 Å². The highest BCUT2D eigenvalue weighted by Gasteiger charge is 2.64. The molecule has 1 fully saturated rings. The number of nitrogens with two attached hydrogens (primary N) is 1. The topological polar surface area (TPSA) is 178 Å². The van der Waals surface area contributed by atoms with Gasteiger partial charge >= 0.3 is 0 Å². The van der Waals surface area contributed by atoms with E-state index < -0.39 is 63.5 Å². The van der Waals surface area contributed by atoms with Crippen LogP contribution in [-0.4, -0.2) is 74.3 Å². The molecule has 2 aromatic carbocycles. The number of aliphatic hydroxyl groups is 3. The van der Waals surface area contributed by atoms with Crippen LogP contribution in [0.1, 0.15) is 43.9 Å². The number of amides is 1. The molecule has 43 heavy (non-hydrogen) atoms. The average molecular weight is 589 g/mol. The number of fused-ring (bicyclic) bond motifs is 3. The number of rotatable bonds is 5. The minimum absolute atomic E-state index is 0.00864. The number of phenols is 1. The third-order valence-electron chi connectivity index (χ3n) is 9.07. The number of Topliss-reactive ketones (excluding diaryl/α,β-unsaturated/α-hetero) is 3. The number of primary amides is 1. The highest BCUT2D eigenvalue weighted by Crippen LogP contribution is 2.53. The van der Waals surface area contributed by atoms with Gasteiger partial charge in [-0.15, -0.1) is 0 Å². The highest BCUT2D eigenvalue weighted by atomic mass is 16.3. The van der Waals surface area contributed by atoms with Crippen LogP contribution in [0.2, 0.25) is 0 Å². The van der Waals surface area contributed by atoms with Gasteiger partial charge in [0.1, 0.15) is 28.6 Å². The Labute approximate surface area is 249 Å². The number of carbonyl (C=O) groups excluding carboxylic acids is 4. The van der Waals surface area contributed by atoms with Gasteiger partial charge in [0.25, 0.3) is 5.91 Å². The summed E-state index contributed by atoms with van der Waals surface area (Å²) >= 11 is 0. The van der Waals surface area contributed by atoms with Gasteiger partial charge in [-0.25, -0.2) is 0 Å². The monoisotopic (exact) mass is 588 g/mol.